The first-order valence-corrected chi connectivity index (χ1v) is 4.72. The van der Waals surface area contributed by atoms with E-state index >= 15 is 0 Å². The Kier molecular flexibility index (Phi) is 3.34. The molecule has 0 amide bonds. The number of ketones is 1. The van der Waals surface area contributed by atoms with E-state index in [0.29, 0.717) is 10.0 Å². The zero-order valence-corrected chi connectivity index (χ0v) is 8.99. The third-order valence-corrected chi connectivity index (χ3v) is 2.43. The molecule has 0 radical (unpaired) electrons. The molecular formula is C10H10Cl2O. The molecule has 1 nitrogen and oxygen atoms in total. The number of rotatable bonds is 2. The lowest BCUT2D eigenvalue weighted by Gasteiger charge is -2.08. The molecule has 0 bridgehead atoms. The normalized spacial score (nSPS) is 12.6. The maximum absolute atomic E-state index is 11.1. The number of halogens is 2. The molecule has 0 aliphatic heterocycles. The fourth-order valence-corrected chi connectivity index (χ4v) is 1.60. The summed E-state index contributed by atoms with van der Waals surface area (Å²) in [4.78, 5) is 11.1. The van der Waals surface area contributed by atoms with Gasteiger partial charge in [-0.3, -0.25) is 4.79 Å². The predicted octanol–water partition coefficient (Wildman–Crippen LogP) is 3.69. The van der Waals surface area contributed by atoms with Gasteiger partial charge >= 0.3 is 0 Å². The predicted molar refractivity (Wildman–Crippen MR) is 55.6 cm³/mol. The van der Waals surface area contributed by atoms with Crippen LogP contribution in [-0.4, -0.2) is 5.78 Å². The molecule has 13 heavy (non-hydrogen) atoms. The first-order valence-electron chi connectivity index (χ1n) is 3.97. The monoisotopic (exact) mass is 216 g/mol. The molecule has 3 heteroatoms. The molecule has 1 aromatic carbocycles. The van der Waals surface area contributed by atoms with Crippen LogP contribution in [0.3, 0.4) is 0 Å². The largest absolute Gasteiger partial charge is 0.299 e. The van der Waals surface area contributed by atoms with Crippen LogP contribution in [0.5, 0.6) is 0 Å². The highest BCUT2D eigenvalue weighted by Gasteiger charge is 2.11. The van der Waals surface area contributed by atoms with E-state index in [0.717, 1.165) is 5.56 Å². The molecule has 0 N–H and O–H groups in total. The molecule has 1 aromatic rings. The Morgan fingerprint density at radius 2 is 1.69 bits per heavy atom. The third kappa shape index (κ3) is 2.71. The van der Waals surface area contributed by atoms with E-state index in [2.05, 4.69) is 0 Å². The van der Waals surface area contributed by atoms with Crippen molar-refractivity contribution in [1.82, 2.24) is 0 Å². The van der Waals surface area contributed by atoms with Crippen molar-refractivity contribution in [3.63, 3.8) is 0 Å². The van der Waals surface area contributed by atoms with E-state index in [4.69, 9.17) is 23.2 Å². The van der Waals surface area contributed by atoms with Gasteiger partial charge in [-0.2, -0.15) is 0 Å². The molecule has 0 heterocycles. The Morgan fingerprint density at radius 1 is 1.23 bits per heavy atom. The Balaban J connectivity index is 3.07. The number of hydrogen-bond donors (Lipinski definition) is 0. The van der Waals surface area contributed by atoms with E-state index in [-0.39, 0.29) is 11.7 Å². The highest BCUT2D eigenvalue weighted by molar-refractivity contribution is 6.34. The van der Waals surface area contributed by atoms with Gasteiger partial charge in [0.25, 0.3) is 0 Å². The van der Waals surface area contributed by atoms with Crippen molar-refractivity contribution < 1.29 is 4.79 Å². The van der Waals surface area contributed by atoms with E-state index in [1.807, 2.05) is 6.92 Å². The third-order valence-electron chi connectivity index (χ3n) is 1.99. The second-order valence-corrected chi connectivity index (χ2v) is 3.91. The van der Waals surface area contributed by atoms with Crippen LogP contribution in [0.2, 0.25) is 10.0 Å². The van der Waals surface area contributed by atoms with Crippen molar-refractivity contribution in [2.75, 3.05) is 0 Å². The minimum atomic E-state index is -0.142. The standard InChI is InChI=1S/C10H10Cl2O/c1-6(7(2)13)8-3-9(11)5-10(12)4-8/h3-6H,1-2H3. The fraction of sp³-hybridized carbons (Fsp3) is 0.300. The van der Waals surface area contributed by atoms with Crippen LogP contribution < -0.4 is 0 Å². The number of carbonyl (C=O) groups is 1. The van der Waals surface area contributed by atoms with Gasteiger partial charge in [-0.05, 0) is 30.7 Å². The molecule has 70 valence electrons. The average Bonchev–Trinajstić information content (AvgIpc) is 2.01. The fourth-order valence-electron chi connectivity index (χ4n) is 1.06. The van der Waals surface area contributed by atoms with Gasteiger partial charge in [-0.15, -0.1) is 0 Å². The summed E-state index contributed by atoms with van der Waals surface area (Å²) in [5.41, 5.74) is 0.866. The van der Waals surface area contributed by atoms with Crippen LogP contribution in [0, 0.1) is 0 Å². The molecule has 0 saturated heterocycles. The topological polar surface area (TPSA) is 17.1 Å². The molecule has 0 aromatic heterocycles. The molecule has 1 atom stereocenters. The Hall–Kier alpha value is -0.530. The summed E-state index contributed by atoms with van der Waals surface area (Å²) in [5.74, 6) is -0.0328. The summed E-state index contributed by atoms with van der Waals surface area (Å²) >= 11 is 11.6. The first kappa shape index (κ1) is 10.6. The quantitative estimate of drug-likeness (QED) is 0.738. The Bertz CT molecular complexity index is 313. The summed E-state index contributed by atoms with van der Waals surface area (Å²) < 4.78 is 0. The summed E-state index contributed by atoms with van der Waals surface area (Å²) in [6.45, 7) is 3.39. The SMILES string of the molecule is CC(=O)C(C)c1cc(Cl)cc(Cl)c1. The molecule has 0 fully saturated rings. The van der Waals surface area contributed by atoms with E-state index in [1.165, 1.54) is 0 Å². The Labute approximate surface area is 87.7 Å². The van der Waals surface area contributed by atoms with Crippen LogP contribution in [0.1, 0.15) is 25.3 Å². The van der Waals surface area contributed by atoms with Crippen LogP contribution in [-0.2, 0) is 4.79 Å². The van der Waals surface area contributed by atoms with E-state index < -0.39 is 0 Å². The van der Waals surface area contributed by atoms with Crippen LogP contribution in [0.25, 0.3) is 0 Å². The number of benzene rings is 1. The molecule has 0 saturated carbocycles. The van der Waals surface area contributed by atoms with E-state index in [9.17, 15) is 4.79 Å². The molecule has 0 spiro atoms. The average molecular weight is 217 g/mol. The number of hydrogen-bond acceptors (Lipinski definition) is 1. The van der Waals surface area contributed by atoms with Crippen molar-refractivity contribution in [2.24, 2.45) is 0 Å². The minimum Gasteiger partial charge on any atom is -0.299 e. The molecule has 0 aliphatic rings. The second-order valence-electron chi connectivity index (χ2n) is 3.04. The first-order chi connectivity index (χ1) is 6.00. The van der Waals surface area contributed by atoms with Crippen molar-refractivity contribution in [3.05, 3.63) is 33.8 Å². The van der Waals surface area contributed by atoms with Crippen molar-refractivity contribution in [1.29, 1.82) is 0 Å². The van der Waals surface area contributed by atoms with Gasteiger partial charge < -0.3 is 0 Å². The van der Waals surface area contributed by atoms with Crippen molar-refractivity contribution in [2.45, 2.75) is 19.8 Å². The number of Topliss-reactive ketones (excluding diaryl/α,β-unsaturated/α-hetero) is 1. The molecular weight excluding hydrogens is 207 g/mol. The summed E-state index contributed by atoms with van der Waals surface area (Å²) in [7, 11) is 0. The van der Waals surface area contributed by atoms with Crippen molar-refractivity contribution >= 4 is 29.0 Å². The van der Waals surface area contributed by atoms with E-state index in [1.54, 1.807) is 25.1 Å². The lowest BCUT2D eigenvalue weighted by Crippen LogP contribution is -2.03. The molecule has 1 rings (SSSR count). The summed E-state index contributed by atoms with van der Waals surface area (Å²) in [5, 5.41) is 1.13. The highest BCUT2D eigenvalue weighted by atomic mass is 35.5. The van der Waals surface area contributed by atoms with Crippen LogP contribution in [0.4, 0.5) is 0 Å². The van der Waals surface area contributed by atoms with Crippen LogP contribution in [0.15, 0.2) is 18.2 Å². The Morgan fingerprint density at radius 3 is 2.08 bits per heavy atom. The second kappa shape index (κ2) is 4.12. The minimum absolute atomic E-state index is 0.110. The maximum Gasteiger partial charge on any atom is 0.136 e. The van der Waals surface area contributed by atoms with Gasteiger partial charge in [0.05, 0.1) is 0 Å². The maximum atomic E-state index is 11.1. The lowest BCUT2D eigenvalue weighted by atomic mass is 9.98. The van der Waals surface area contributed by atoms with Gasteiger partial charge in [0, 0.05) is 16.0 Å². The zero-order chi connectivity index (χ0) is 10.0. The highest BCUT2D eigenvalue weighted by Crippen LogP contribution is 2.24. The van der Waals surface area contributed by atoms with Gasteiger partial charge in [0.15, 0.2) is 0 Å². The summed E-state index contributed by atoms with van der Waals surface area (Å²) in [6.07, 6.45) is 0. The lowest BCUT2D eigenvalue weighted by molar-refractivity contribution is -0.118. The summed E-state index contributed by atoms with van der Waals surface area (Å²) in [6, 6.07) is 5.18. The van der Waals surface area contributed by atoms with Gasteiger partial charge in [-0.25, -0.2) is 0 Å². The number of carbonyl (C=O) groups excluding carboxylic acids is 1. The van der Waals surface area contributed by atoms with Crippen LogP contribution >= 0.6 is 23.2 Å². The smallest absolute Gasteiger partial charge is 0.136 e. The van der Waals surface area contributed by atoms with Gasteiger partial charge in [-0.1, -0.05) is 30.1 Å². The van der Waals surface area contributed by atoms with Gasteiger partial charge in [0.2, 0.25) is 0 Å². The molecule has 0 aliphatic carbocycles. The van der Waals surface area contributed by atoms with Gasteiger partial charge in [0.1, 0.15) is 5.78 Å². The zero-order valence-electron chi connectivity index (χ0n) is 7.47. The molecule has 1 unspecified atom stereocenters. The van der Waals surface area contributed by atoms with Crippen molar-refractivity contribution in [3.8, 4) is 0 Å².